The minimum atomic E-state index is -1.04. The van der Waals surface area contributed by atoms with Gasteiger partial charge in [-0.2, -0.15) is 15.2 Å². The lowest BCUT2D eigenvalue weighted by Crippen LogP contribution is -2.63. The molecule has 0 N–H and O–H groups in total. The molecule has 1 saturated carbocycles. The lowest BCUT2D eigenvalue weighted by Gasteiger charge is -2.57. The van der Waals surface area contributed by atoms with Crippen LogP contribution in [0.25, 0.3) is 10.8 Å². The number of fused-ring (bicyclic) bond motifs is 2. The fraction of sp³-hybridized carbons (Fsp3) is 0.455. The molecule has 1 atom stereocenters. The Kier molecular flexibility index (Phi) is 7.53. The minimum Gasteiger partial charge on any atom is -0.460 e. The average molecular weight is 634 g/mol. The third kappa shape index (κ3) is 5.34. The van der Waals surface area contributed by atoms with Crippen LogP contribution < -0.4 is 14.5 Å². The van der Waals surface area contributed by atoms with E-state index >= 15 is 0 Å². The number of piperazine rings is 1. The maximum Gasteiger partial charge on any atom is 0.318 e. The molecule has 4 heterocycles. The molecule has 9 nitrogen and oxygen atoms in total. The summed E-state index contributed by atoms with van der Waals surface area (Å²) < 4.78 is 34.8. The lowest BCUT2D eigenvalue weighted by molar-refractivity contribution is -0.131. The molecule has 234 valence electrons. The van der Waals surface area contributed by atoms with Gasteiger partial charge in [0.05, 0.1) is 35.8 Å². The monoisotopic (exact) mass is 633 g/mol. The first kappa shape index (κ1) is 29.7. The summed E-state index contributed by atoms with van der Waals surface area (Å²) >= 11 is 6.49. The Morgan fingerprint density at radius 2 is 1.98 bits per heavy atom. The van der Waals surface area contributed by atoms with Crippen LogP contribution >= 0.6 is 11.6 Å². The number of amides is 1. The molecule has 3 fully saturated rings. The van der Waals surface area contributed by atoms with Crippen LogP contribution in [0.1, 0.15) is 30.5 Å². The van der Waals surface area contributed by atoms with Crippen molar-refractivity contribution in [3.63, 3.8) is 0 Å². The van der Waals surface area contributed by atoms with Crippen molar-refractivity contribution in [2.75, 3.05) is 56.1 Å². The van der Waals surface area contributed by atoms with E-state index in [0.29, 0.717) is 55.2 Å². The van der Waals surface area contributed by atoms with Gasteiger partial charge in [0, 0.05) is 61.3 Å². The highest BCUT2D eigenvalue weighted by Gasteiger charge is 2.52. The zero-order valence-electron chi connectivity index (χ0n) is 25.1. The molecule has 12 heteroatoms. The van der Waals surface area contributed by atoms with Crippen molar-refractivity contribution in [1.29, 1.82) is 5.26 Å². The summed E-state index contributed by atoms with van der Waals surface area (Å²) in [6.45, 7) is 7.32. The number of likely N-dealkylation sites (tertiary alicyclic amines) is 1. The number of halogens is 3. The Hall–Kier alpha value is -4.01. The summed E-state index contributed by atoms with van der Waals surface area (Å²) in [4.78, 5) is 30.3. The summed E-state index contributed by atoms with van der Waals surface area (Å²) in [6.07, 6.45) is 2.60. The van der Waals surface area contributed by atoms with Gasteiger partial charge in [-0.15, -0.1) is 0 Å². The van der Waals surface area contributed by atoms with Crippen LogP contribution in [-0.2, 0) is 17.8 Å². The molecular weight excluding hydrogens is 600 g/mol. The number of carbonyl (C=O) groups is 1. The molecule has 1 aromatic heterocycles. The lowest BCUT2D eigenvalue weighted by atomic mass is 9.62. The largest absolute Gasteiger partial charge is 0.460 e. The summed E-state index contributed by atoms with van der Waals surface area (Å²) in [5, 5.41) is 11.1. The predicted molar refractivity (Wildman–Crippen MR) is 167 cm³/mol. The normalized spacial score (nSPS) is 21.2. The van der Waals surface area contributed by atoms with Crippen LogP contribution in [0.5, 0.6) is 6.01 Å². The van der Waals surface area contributed by atoms with E-state index in [4.69, 9.17) is 26.3 Å². The zero-order valence-corrected chi connectivity index (χ0v) is 25.9. The third-order valence-corrected chi connectivity index (χ3v) is 10.1. The van der Waals surface area contributed by atoms with Crippen LogP contribution in [0, 0.1) is 22.6 Å². The fourth-order valence-electron chi connectivity index (χ4n) is 7.71. The highest BCUT2D eigenvalue weighted by atomic mass is 35.5. The highest BCUT2D eigenvalue weighted by Crippen LogP contribution is 2.49. The highest BCUT2D eigenvalue weighted by molar-refractivity contribution is 6.36. The van der Waals surface area contributed by atoms with Gasteiger partial charge < -0.3 is 24.3 Å². The number of carbonyl (C=O) groups excluding carboxylic acids is 1. The number of nitriles is 1. The number of rotatable bonds is 6. The van der Waals surface area contributed by atoms with Crippen molar-refractivity contribution in [3.05, 3.63) is 64.8 Å². The molecule has 3 aliphatic heterocycles. The third-order valence-electron chi connectivity index (χ3n) is 9.68. The average Bonchev–Trinajstić information content (AvgIpc) is 3.00. The number of hydrogen-bond donors (Lipinski definition) is 0. The summed E-state index contributed by atoms with van der Waals surface area (Å²) in [6, 6.07) is 10.8. The van der Waals surface area contributed by atoms with Gasteiger partial charge in [0.2, 0.25) is 0 Å². The Morgan fingerprint density at radius 1 is 1.18 bits per heavy atom. The second-order valence-electron chi connectivity index (χ2n) is 12.8. The standard InChI is InChI=1S/C33H34ClF2N7O2/c1-20(35)31(44)43-13-12-42(16-22(43)8-10-37)30-24-9-11-41(27-5-3-4-21-6-7-25(36)29(34)28(21)27)17-26(24)38-32(39-30)45-23-14-33(15-23)18-40(2)19-33/h3-7,22-23H,1,8-9,11-19H2,2H3/t22-/m0/s1. The van der Waals surface area contributed by atoms with Crippen molar-refractivity contribution in [2.45, 2.75) is 44.4 Å². The summed E-state index contributed by atoms with van der Waals surface area (Å²) in [7, 11) is 2.12. The first-order valence-corrected chi connectivity index (χ1v) is 15.7. The molecule has 2 saturated heterocycles. The van der Waals surface area contributed by atoms with Gasteiger partial charge in [0.15, 0.2) is 5.83 Å². The van der Waals surface area contributed by atoms with Gasteiger partial charge in [0.1, 0.15) is 17.7 Å². The van der Waals surface area contributed by atoms with Crippen molar-refractivity contribution >= 4 is 39.8 Å². The van der Waals surface area contributed by atoms with Gasteiger partial charge in [-0.1, -0.05) is 36.4 Å². The Balaban J connectivity index is 1.21. The molecule has 4 aliphatic rings. The molecular formula is C33H34ClF2N7O2. The minimum absolute atomic E-state index is 0.0283. The van der Waals surface area contributed by atoms with E-state index in [-0.39, 0.29) is 24.1 Å². The molecule has 7 rings (SSSR count). The van der Waals surface area contributed by atoms with Crippen LogP contribution in [-0.4, -0.2) is 84.1 Å². The van der Waals surface area contributed by atoms with Crippen molar-refractivity contribution in [3.8, 4) is 12.1 Å². The Morgan fingerprint density at radius 3 is 2.71 bits per heavy atom. The maximum absolute atomic E-state index is 14.6. The van der Waals surface area contributed by atoms with E-state index < -0.39 is 23.6 Å². The van der Waals surface area contributed by atoms with E-state index in [1.165, 1.54) is 11.0 Å². The number of benzene rings is 2. The van der Waals surface area contributed by atoms with Crippen molar-refractivity contribution in [1.82, 2.24) is 19.8 Å². The molecule has 1 spiro atoms. The maximum atomic E-state index is 14.6. The van der Waals surface area contributed by atoms with E-state index in [1.54, 1.807) is 6.07 Å². The molecule has 0 bridgehead atoms. The molecule has 2 aromatic carbocycles. The van der Waals surface area contributed by atoms with Crippen molar-refractivity contribution in [2.24, 2.45) is 5.41 Å². The smallest absolute Gasteiger partial charge is 0.318 e. The molecule has 0 unspecified atom stereocenters. The zero-order chi connectivity index (χ0) is 31.5. The summed E-state index contributed by atoms with van der Waals surface area (Å²) in [5.41, 5.74) is 2.92. The SMILES string of the molecule is C=C(F)C(=O)N1CCN(c2nc(OC3CC4(C3)CN(C)C4)nc3c2CCN(c2cccc4ccc(F)c(Cl)c24)C3)C[C@@H]1CC#N. The summed E-state index contributed by atoms with van der Waals surface area (Å²) in [5.74, 6) is -1.58. The molecule has 0 radical (unpaired) electrons. The number of ether oxygens (including phenoxy) is 1. The number of anilines is 2. The number of aromatic nitrogens is 2. The molecule has 45 heavy (non-hydrogen) atoms. The van der Waals surface area contributed by atoms with Gasteiger partial charge in [-0.05, 0) is 43.8 Å². The van der Waals surface area contributed by atoms with E-state index in [9.17, 15) is 18.8 Å². The van der Waals surface area contributed by atoms with E-state index in [2.05, 4.69) is 34.4 Å². The number of hydrogen-bond acceptors (Lipinski definition) is 8. The second-order valence-corrected chi connectivity index (χ2v) is 13.2. The Labute approximate surface area is 265 Å². The first-order valence-electron chi connectivity index (χ1n) is 15.3. The number of nitrogens with zero attached hydrogens (tertiary/aromatic N) is 7. The van der Waals surface area contributed by atoms with Gasteiger partial charge >= 0.3 is 6.01 Å². The van der Waals surface area contributed by atoms with Gasteiger partial charge in [-0.25, -0.2) is 8.78 Å². The van der Waals surface area contributed by atoms with E-state index in [1.807, 2.05) is 18.2 Å². The first-order chi connectivity index (χ1) is 21.6. The Bertz CT molecular complexity index is 1730. The van der Waals surface area contributed by atoms with Gasteiger partial charge in [0.25, 0.3) is 5.91 Å². The molecule has 1 amide bonds. The van der Waals surface area contributed by atoms with E-state index in [0.717, 1.165) is 48.3 Å². The van der Waals surface area contributed by atoms with Crippen LogP contribution in [0.2, 0.25) is 5.02 Å². The quantitative estimate of drug-likeness (QED) is 0.355. The topological polar surface area (TPSA) is 88.8 Å². The van der Waals surface area contributed by atoms with Crippen LogP contribution in [0.15, 0.2) is 42.7 Å². The second kappa shape index (κ2) is 11.4. The molecule has 3 aromatic rings. The van der Waals surface area contributed by atoms with Crippen LogP contribution in [0.4, 0.5) is 20.3 Å². The predicted octanol–water partition coefficient (Wildman–Crippen LogP) is 4.87. The van der Waals surface area contributed by atoms with Crippen LogP contribution in [0.3, 0.4) is 0 Å². The van der Waals surface area contributed by atoms with Crippen molar-refractivity contribution < 1.29 is 18.3 Å². The fourth-order valence-corrected chi connectivity index (χ4v) is 7.98. The molecule has 1 aliphatic carbocycles. The van der Waals surface area contributed by atoms with Gasteiger partial charge in [-0.3, -0.25) is 4.79 Å².